The number of fused-ring (bicyclic) bond motifs is 1. The molecule has 5 heteroatoms. The van der Waals surface area contributed by atoms with Gasteiger partial charge in [-0.2, -0.15) is 0 Å². The third kappa shape index (κ3) is 4.82. The predicted octanol–water partition coefficient (Wildman–Crippen LogP) is 2.66. The van der Waals surface area contributed by atoms with Gasteiger partial charge in [0, 0.05) is 32.2 Å². The van der Waals surface area contributed by atoms with Crippen LogP contribution >= 0.6 is 0 Å². The van der Waals surface area contributed by atoms with Gasteiger partial charge in [-0.15, -0.1) is 0 Å². The van der Waals surface area contributed by atoms with Gasteiger partial charge in [0.05, 0.1) is 6.42 Å². The van der Waals surface area contributed by atoms with E-state index in [2.05, 4.69) is 24.3 Å². The normalized spacial score (nSPS) is 20.7. The van der Waals surface area contributed by atoms with E-state index < -0.39 is 5.97 Å². The van der Waals surface area contributed by atoms with E-state index in [-0.39, 0.29) is 18.4 Å². The fraction of sp³-hybridized carbons (Fsp3) is 0.600. The van der Waals surface area contributed by atoms with Crippen molar-refractivity contribution in [3.63, 3.8) is 0 Å². The van der Waals surface area contributed by atoms with Crippen LogP contribution in [0.15, 0.2) is 24.3 Å². The molecule has 1 heterocycles. The maximum atomic E-state index is 12.9. The van der Waals surface area contributed by atoms with Crippen molar-refractivity contribution in [3.8, 4) is 0 Å². The van der Waals surface area contributed by atoms with E-state index in [1.165, 1.54) is 11.1 Å². The maximum absolute atomic E-state index is 12.9. The van der Waals surface area contributed by atoms with E-state index in [1.807, 2.05) is 4.90 Å². The van der Waals surface area contributed by atoms with Gasteiger partial charge < -0.3 is 14.7 Å². The number of nitrogens with zero attached hydrogens (tertiary/aromatic N) is 1. The van der Waals surface area contributed by atoms with Crippen LogP contribution in [0.25, 0.3) is 0 Å². The first-order chi connectivity index (χ1) is 12.1. The highest BCUT2D eigenvalue weighted by Crippen LogP contribution is 2.28. The first-order valence-electron chi connectivity index (χ1n) is 9.29. The van der Waals surface area contributed by atoms with Crippen LogP contribution in [0, 0.1) is 5.92 Å². The highest BCUT2D eigenvalue weighted by Gasteiger charge is 2.29. The summed E-state index contributed by atoms with van der Waals surface area (Å²) in [6.45, 7) is 1.61. The van der Waals surface area contributed by atoms with Crippen LogP contribution in [-0.2, 0) is 27.2 Å². The molecule has 5 nitrogen and oxygen atoms in total. The van der Waals surface area contributed by atoms with Crippen molar-refractivity contribution >= 4 is 11.9 Å². The Morgan fingerprint density at radius 2 is 1.84 bits per heavy atom. The molecule has 0 aromatic heterocycles. The molecule has 0 saturated carbocycles. The van der Waals surface area contributed by atoms with Gasteiger partial charge >= 0.3 is 5.97 Å². The molecule has 136 valence electrons. The Morgan fingerprint density at radius 3 is 2.56 bits per heavy atom. The minimum absolute atomic E-state index is 0.0105. The number of ether oxygens (including phenoxy) is 1. The second-order valence-corrected chi connectivity index (χ2v) is 7.16. The number of aliphatic carboxylic acids is 1. The molecule has 1 saturated heterocycles. The van der Waals surface area contributed by atoms with Crippen molar-refractivity contribution < 1.29 is 19.4 Å². The lowest BCUT2D eigenvalue weighted by Crippen LogP contribution is -2.45. The molecule has 25 heavy (non-hydrogen) atoms. The molecular formula is C20H27NO4. The number of carboxylic acid groups (broad SMARTS) is 1. The van der Waals surface area contributed by atoms with E-state index in [0.717, 1.165) is 32.1 Å². The van der Waals surface area contributed by atoms with Gasteiger partial charge in [0.15, 0.2) is 0 Å². The van der Waals surface area contributed by atoms with Crippen molar-refractivity contribution in [2.75, 3.05) is 19.8 Å². The summed E-state index contributed by atoms with van der Waals surface area (Å²) in [5.41, 5.74) is 2.76. The van der Waals surface area contributed by atoms with Gasteiger partial charge in [0.2, 0.25) is 5.91 Å². The minimum Gasteiger partial charge on any atom is -0.481 e. The van der Waals surface area contributed by atoms with Crippen molar-refractivity contribution in [1.82, 2.24) is 4.90 Å². The zero-order valence-electron chi connectivity index (χ0n) is 14.7. The molecule has 1 aromatic rings. The molecule has 1 fully saturated rings. The Balaban J connectivity index is 1.62. The summed E-state index contributed by atoms with van der Waals surface area (Å²) in [6, 6.07) is 8.59. The number of carbonyl (C=O) groups excluding carboxylic acids is 1. The number of aryl methyl sites for hydroxylation is 1. The fourth-order valence-corrected chi connectivity index (χ4v) is 4.04. The van der Waals surface area contributed by atoms with Gasteiger partial charge in [-0.25, -0.2) is 0 Å². The fourth-order valence-electron chi connectivity index (χ4n) is 4.04. The number of rotatable bonds is 6. The smallest absolute Gasteiger partial charge is 0.305 e. The van der Waals surface area contributed by atoms with Crippen LogP contribution < -0.4 is 0 Å². The Hall–Kier alpha value is -1.88. The number of carbonyl (C=O) groups is 2. The summed E-state index contributed by atoms with van der Waals surface area (Å²) in [5.74, 6) is -0.386. The average Bonchev–Trinajstić information content (AvgIpc) is 2.62. The lowest BCUT2D eigenvalue weighted by atomic mass is 9.82. The second kappa shape index (κ2) is 8.48. The maximum Gasteiger partial charge on any atom is 0.305 e. The van der Waals surface area contributed by atoms with Crippen LogP contribution in [0.2, 0.25) is 0 Å². The topological polar surface area (TPSA) is 66.8 Å². The van der Waals surface area contributed by atoms with Crippen LogP contribution in [0.3, 0.4) is 0 Å². The van der Waals surface area contributed by atoms with E-state index in [0.29, 0.717) is 32.1 Å². The summed E-state index contributed by atoms with van der Waals surface area (Å²) in [6.07, 6.45) is 5.14. The summed E-state index contributed by atoms with van der Waals surface area (Å²) in [5, 5.41) is 9.01. The number of carboxylic acids is 1. The quantitative estimate of drug-likeness (QED) is 0.861. The molecule has 1 N–H and O–H groups in total. The lowest BCUT2D eigenvalue weighted by molar-refractivity contribution is -0.140. The Labute approximate surface area is 149 Å². The number of benzene rings is 1. The van der Waals surface area contributed by atoms with E-state index in [9.17, 15) is 9.59 Å². The average molecular weight is 345 g/mol. The molecule has 1 atom stereocenters. The molecule has 0 radical (unpaired) electrons. The van der Waals surface area contributed by atoms with Gasteiger partial charge in [-0.05, 0) is 49.1 Å². The summed E-state index contributed by atoms with van der Waals surface area (Å²) in [4.78, 5) is 25.7. The first-order valence-corrected chi connectivity index (χ1v) is 9.29. The molecular weight excluding hydrogens is 318 g/mol. The molecule has 3 rings (SSSR count). The standard InChI is InChI=1S/C20H27NO4/c22-19(14-15-5-6-16-3-1-2-4-17(16)13-15)21(10-7-20(23)24)18-8-11-25-12-9-18/h1-4,15,18H,5-14H2,(H,23,24). The summed E-state index contributed by atoms with van der Waals surface area (Å²) in [7, 11) is 0. The predicted molar refractivity (Wildman–Crippen MR) is 94.4 cm³/mol. The molecule has 1 aromatic carbocycles. The number of amides is 1. The molecule has 1 aliphatic heterocycles. The molecule has 1 unspecified atom stereocenters. The van der Waals surface area contributed by atoms with Crippen LogP contribution in [-0.4, -0.2) is 47.7 Å². The molecule has 0 bridgehead atoms. The van der Waals surface area contributed by atoms with Crippen LogP contribution in [0.4, 0.5) is 0 Å². The third-order valence-corrected chi connectivity index (χ3v) is 5.43. The summed E-state index contributed by atoms with van der Waals surface area (Å²) >= 11 is 0. The largest absolute Gasteiger partial charge is 0.481 e. The SMILES string of the molecule is O=C(O)CCN(C(=O)CC1CCc2ccccc2C1)C1CCOCC1. The molecule has 2 aliphatic rings. The Bertz CT molecular complexity index is 609. The highest BCUT2D eigenvalue weighted by atomic mass is 16.5. The first kappa shape index (κ1) is 17.9. The second-order valence-electron chi connectivity index (χ2n) is 7.16. The van der Waals surface area contributed by atoms with Crippen LogP contribution in [0.5, 0.6) is 0 Å². The number of hydrogen-bond acceptors (Lipinski definition) is 3. The zero-order valence-corrected chi connectivity index (χ0v) is 14.7. The Kier molecular flexibility index (Phi) is 6.08. The third-order valence-electron chi connectivity index (χ3n) is 5.43. The molecule has 0 spiro atoms. The van der Waals surface area contributed by atoms with Gasteiger partial charge in [-0.3, -0.25) is 9.59 Å². The molecule has 1 aliphatic carbocycles. The number of hydrogen-bond donors (Lipinski definition) is 1. The van der Waals surface area contributed by atoms with Gasteiger partial charge in [0.25, 0.3) is 0 Å². The monoisotopic (exact) mass is 345 g/mol. The summed E-state index contributed by atoms with van der Waals surface area (Å²) < 4.78 is 5.39. The van der Waals surface area contributed by atoms with Crippen LogP contribution in [0.1, 0.15) is 43.2 Å². The van der Waals surface area contributed by atoms with E-state index >= 15 is 0 Å². The Morgan fingerprint density at radius 1 is 1.12 bits per heavy atom. The molecule has 1 amide bonds. The highest BCUT2D eigenvalue weighted by molar-refractivity contribution is 5.77. The lowest BCUT2D eigenvalue weighted by Gasteiger charge is -2.35. The van der Waals surface area contributed by atoms with Crippen molar-refractivity contribution in [1.29, 1.82) is 0 Å². The minimum atomic E-state index is -0.851. The van der Waals surface area contributed by atoms with Gasteiger partial charge in [-0.1, -0.05) is 24.3 Å². The van der Waals surface area contributed by atoms with Gasteiger partial charge in [0.1, 0.15) is 0 Å². The van der Waals surface area contributed by atoms with Crippen molar-refractivity contribution in [3.05, 3.63) is 35.4 Å². The zero-order chi connectivity index (χ0) is 17.6. The van der Waals surface area contributed by atoms with Crippen molar-refractivity contribution in [2.24, 2.45) is 5.92 Å². The van der Waals surface area contributed by atoms with E-state index in [4.69, 9.17) is 9.84 Å². The van der Waals surface area contributed by atoms with Crippen molar-refractivity contribution in [2.45, 2.75) is 51.0 Å². The van der Waals surface area contributed by atoms with E-state index in [1.54, 1.807) is 0 Å².